The summed E-state index contributed by atoms with van der Waals surface area (Å²) in [6, 6.07) is 0. The maximum Gasteiger partial charge on any atom is 0.165 e. The molecule has 0 saturated heterocycles. The molecular weight excluding hydrogens is 360 g/mol. The average molecular weight is 397 g/mol. The number of rotatable bonds is 1. The van der Waals surface area contributed by atoms with E-state index in [9.17, 15) is 9.90 Å². The normalized spacial score (nSPS) is 45.8. The molecule has 0 aromatic carbocycles. The predicted molar refractivity (Wildman–Crippen MR) is 114 cm³/mol. The third-order valence-corrected chi connectivity index (χ3v) is 9.88. The zero-order valence-corrected chi connectivity index (χ0v) is 18.4. The molecule has 1 N–H and O–H groups in total. The molecule has 4 nitrogen and oxygen atoms in total. The fraction of sp³-hybridized carbons (Fsp3) is 0.760. The van der Waals surface area contributed by atoms with Crippen LogP contribution in [-0.4, -0.2) is 26.8 Å². The molecule has 0 aliphatic heterocycles. The molecule has 1 heterocycles. The molecule has 0 unspecified atom stereocenters. The van der Waals surface area contributed by atoms with Gasteiger partial charge in [0.05, 0.1) is 12.3 Å². The number of fused-ring (bicyclic) bond motifs is 5. The van der Waals surface area contributed by atoms with Gasteiger partial charge in [0, 0.05) is 23.7 Å². The number of aryl methyl sites for hydroxylation is 1. The van der Waals surface area contributed by atoms with Gasteiger partial charge in [-0.05, 0) is 99.0 Å². The number of aliphatic hydroxyl groups is 1. The van der Waals surface area contributed by atoms with Gasteiger partial charge in [0.2, 0.25) is 0 Å². The zero-order valence-electron chi connectivity index (χ0n) is 18.4. The van der Waals surface area contributed by atoms with Crippen LogP contribution < -0.4 is 0 Å². The third kappa shape index (κ3) is 2.74. The SMILES string of the molecule is Cc1c(/C=C2/C[C@@H]3[C@@H]4CC[C@@H]5C[C@H](O)CC[C@]5(C)[C@@H]4CC[C@]3(C)C2=O)cnn1C. The largest absolute Gasteiger partial charge is 0.393 e. The molecule has 0 spiro atoms. The van der Waals surface area contributed by atoms with E-state index in [1.807, 2.05) is 17.9 Å². The average Bonchev–Trinajstić information content (AvgIpc) is 3.14. The molecule has 4 saturated carbocycles. The van der Waals surface area contributed by atoms with Crippen molar-refractivity contribution >= 4 is 11.9 Å². The highest BCUT2D eigenvalue weighted by Gasteiger charge is 2.61. The Kier molecular flexibility index (Phi) is 4.40. The Morgan fingerprint density at radius 1 is 1.17 bits per heavy atom. The van der Waals surface area contributed by atoms with Crippen LogP contribution in [-0.2, 0) is 11.8 Å². The first-order valence-electron chi connectivity index (χ1n) is 11.7. The number of allylic oxidation sites excluding steroid dienone is 1. The van der Waals surface area contributed by atoms with Crippen molar-refractivity contribution in [1.82, 2.24) is 9.78 Å². The van der Waals surface area contributed by atoms with Gasteiger partial charge in [-0.3, -0.25) is 9.48 Å². The Morgan fingerprint density at radius 2 is 1.97 bits per heavy atom. The van der Waals surface area contributed by atoms with Crippen molar-refractivity contribution in [1.29, 1.82) is 0 Å². The number of aromatic nitrogens is 2. The van der Waals surface area contributed by atoms with E-state index < -0.39 is 0 Å². The second-order valence-corrected chi connectivity index (χ2v) is 11.1. The molecule has 29 heavy (non-hydrogen) atoms. The Balaban J connectivity index is 1.46. The van der Waals surface area contributed by atoms with Crippen LogP contribution in [0.1, 0.15) is 76.5 Å². The van der Waals surface area contributed by atoms with Gasteiger partial charge in [-0.2, -0.15) is 5.10 Å². The molecule has 0 bridgehead atoms. The minimum atomic E-state index is -0.180. The van der Waals surface area contributed by atoms with Crippen molar-refractivity contribution in [3.63, 3.8) is 0 Å². The van der Waals surface area contributed by atoms with Gasteiger partial charge in [0.15, 0.2) is 5.78 Å². The summed E-state index contributed by atoms with van der Waals surface area (Å²) in [5.41, 5.74) is 3.42. The fourth-order valence-electron chi connectivity index (χ4n) is 7.88. The highest BCUT2D eigenvalue weighted by atomic mass is 16.3. The minimum Gasteiger partial charge on any atom is -0.393 e. The van der Waals surface area contributed by atoms with Crippen LogP contribution in [0, 0.1) is 41.4 Å². The third-order valence-electron chi connectivity index (χ3n) is 9.88. The summed E-state index contributed by atoms with van der Waals surface area (Å²) in [4.78, 5) is 13.5. The Labute approximate surface area is 174 Å². The fourth-order valence-corrected chi connectivity index (χ4v) is 7.88. The van der Waals surface area contributed by atoms with Gasteiger partial charge in [-0.25, -0.2) is 0 Å². The predicted octanol–water partition coefficient (Wildman–Crippen LogP) is 4.69. The van der Waals surface area contributed by atoms with E-state index >= 15 is 0 Å². The van der Waals surface area contributed by atoms with Crippen LogP contribution in [0.5, 0.6) is 0 Å². The lowest BCUT2D eigenvalue weighted by molar-refractivity contribution is -0.141. The molecule has 4 aliphatic rings. The molecular formula is C25H36N2O2. The molecule has 4 heteroatoms. The lowest BCUT2D eigenvalue weighted by Gasteiger charge is -2.59. The number of hydrogen-bond acceptors (Lipinski definition) is 3. The second kappa shape index (κ2) is 6.54. The zero-order chi connectivity index (χ0) is 20.6. The smallest absolute Gasteiger partial charge is 0.165 e. The molecule has 4 aliphatic carbocycles. The van der Waals surface area contributed by atoms with Gasteiger partial charge >= 0.3 is 0 Å². The molecule has 5 rings (SSSR count). The Bertz CT molecular complexity index is 870. The summed E-state index contributed by atoms with van der Waals surface area (Å²) >= 11 is 0. The van der Waals surface area contributed by atoms with Crippen molar-refractivity contribution in [2.24, 2.45) is 41.5 Å². The number of ketones is 1. The van der Waals surface area contributed by atoms with E-state index in [0.29, 0.717) is 29.0 Å². The van der Waals surface area contributed by atoms with E-state index in [1.54, 1.807) is 0 Å². The van der Waals surface area contributed by atoms with Crippen molar-refractivity contribution in [3.8, 4) is 0 Å². The molecule has 158 valence electrons. The Morgan fingerprint density at radius 3 is 2.69 bits per heavy atom. The first-order chi connectivity index (χ1) is 13.7. The molecule has 0 radical (unpaired) electrons. The summed E-state index contributed by atoms with van der Waals surface area (Å²) in [7, 11) is 1.96. The van der Waals surface area contributed by atoms with E-state index in [1.165, 1.54) is 19.3 Å². The topological polar surface area (TPSA) is 55.1 Å². The maximum absolute atomic E-state index is 13.5. The van der Waals surface area contributed by atoms with Gasteiger partial charge in [0.25, 0.3) is 0 Å². The lowest BCUT2D eigenvalue weighted by atomic mass is 9.45. The molecule has 1 aromatic rings. The number of nitrogens with zero attached hydrogens (tertiary/aromatic N) is 2. The Hall–Kier alpha value is -1.42. The summed E-state index contributed by atoms with van der Waals surface area (Å²) < 4.78 is 1.89. The number of carbonyl (C=O) groups is 1. The maximum atomic E-state index is 13.5. The summed E-state index contributed by atoms with van der Waals surface area (Å²) in [6.07, 6.45) is 12.7. The van der Waals surface area contributed by atoms with Crippen molar-refractivity contribution in [3.05, 3.63) is 23.0 Å². The van der Waals surface area contributed by atoms with Crippen molar-refractivity contribution in [2.75, 3.05) is 0 Å². The van der Waals surface area contributed by atoms with Crippen LogP contribution in [0.4, 0.5) is 0 Å². The standard InChI is InChI=1S/C25H36N2O2/c1-15-17(14-26-27(15)4)11-16-12-22-20-6-5-18-13-19(28)7-9-24(18,2)21(20)8-10-25(22,3)23(16)29/h11,14,18-22,28H,5-10,12-13H2,1-4H3/b16-11-/t18-,19-,20-,21-,22-,24+,25+/m1/s1. The number of aliphatic hydroxyl groups excluding tert-OH is 1. The first-order valence-corrected chi connectivity index (χ1v) is 11.7. The van der Waals surface area contributed by atoms with Crippen LogP contribution >= 0.6 is 0 Å². The van der Waals surface area contributed by atoms with Crippen molar-refractivity contribution in [2.45, 2.75) is 78.2 Å². The van der Waals surface area contributed by atoms with Crippen LogP contribution in [0.15, 0.2) is 11.8 Å². The van der Waals surface area contributed by atoms with Crippen LogP contribution in [0.3, 0.4) is 0 Å². The number of Topliss-reactive ketones (excluding diaryl/α,β-unsaturated/α-hetero) is 1. The summed E-state index contributed by atoms with van der Waals surface area (Å²) in [5.74, 6) is 2.94. The first kappa shape index (κ1) is 19.5. The highest BCUT2D eigenvalue weighted by Crippen LogP contribution is 2.66. The van der Waals surface area contributed by atoms with Crippen LogP contribution in [0.2, 0.25) is 0 Å². The molecule has 7 atom stereocenters. The van der Waals surface area contributed by atoms with E-state index in [2.05, 4.69) is 31.9 Å². The van der Waals surface area contributed by atoms with Crippen molar-refractivity contribution < 1.29 is 9.90 Å². The lowest BCUT2D eigenvalue weighted by Crippen LogP contribution is -2.54. The molecule has 4 fully saturated rings. The summed E-state index contributed by atoms with van der Waals surface area (Å²) in [5, 5.41) is 14.6. The minimum absolute atomic E-state index is 0.0937. The summed E-state index contributed by atoms with van der Waals surface area (Å²) in [6.45, 7) is 6.84. The van der Waals surface area contributed by atoms with Gasteiger partial charge < -0.3 is 5.11 Å². The van der Waals surface area contributed by atoms with E-state index in [4.69, 9.17) is 0 Å². The van der Waals surface area contributed by atoms with Crippen LogP contribution in [0.25, 0.3) is 6.08 Å². The number of carbonyl (C=O) groups excluding carboxylic acids is 1. The second-order valence-electron chi connectivity index (χ2n) is 11.1. The quantitative estimate of drug-likeness (QED) is 0.701. The van der Waals surface area contributed by atoms with Gasteiger partial charge in [-0.1, -0.05) is 13.8 Å². The molecule has 0 amide bonds. The monoisotopic (exact) mass is 396 g/mol. The number of hydrogen-bond donors (Lipinski definition) is 1. The van der Waals surface area contributed by atoms with E-state index in [0.717, 1.165) is 54.9 Å². The van der Waals surface area contributed by atoms with Gasteiger partial charge in [-0.15, -0.1) is 0 Å². The highest BCUT2D eigenvalue weighted by molar-refractivity contribution is 6.06. The molecule has 1 aromatic heterocycles. The van der Waals surface area contributed by atoms with Gasteiger partial charge in [0.1, 0.15) is 0 Å². The van der Waals surface area contributed by atoms with E-state index in [-0.39, 0.29) is 11.5 Å².